The minimum Gasteiger partial charge on any atom is -0.497 e. The molecule has 0 heterocycles. The summed E-state index contributed by atoms with van der Waals surface area (Å²) < 4.78 is 20.4. The number of hydrogen-bond acceptors (Lipinski definition) is 8. The zero-order valence-electron chi connectivity index (χ0n) is 20.2. The van der Waals surface area contributed by atoms with Crippen LogP contribution in [-0.4, -0.2) is 51.2 Å². The van der Waals surface area contributed by atoms with Crippen molar-refractivity contribution in [2.45, 2.75) is 26.7 Å². The first-order chi connectivity index (χ1) is 16.7. The molecule has 0 bridgehead atoms. The molecule has 0 aliphatic carbocycles. The Bertz CT molecular complexity index is 1050. The van der Waals surface area contributed by atoms with Crippen molar-refractivity contribution in [1.82, 2.24) is 0 Å². The Morgan fingerprint density at radius 2 is 1.63 bits per heavy atom. The molecule has 0 saturated carbocycles. The lowest BCUT2D eigenvalue weighted by Crippen LogP contribution is -2.22. The molecule has 0 aromatic heterocycles. The molecule has 10 heteroatoms. The smallest absolute Gasteiger partial charge is 0.338 e. The normalized spacial score (nSPS) is 10.3. The van der Waals surface area contributed by atoms with Crippen LogP contribution in [0.5, 0.6) is 11.5 Å². The average molecular weight is 487 g/mol. The van der Waals surface area contributed by atoms with E-state index in [1.807, 2.05) is 13.8 Å². The van der Waals surface area contributed by atoms with Crippen molar-refractivity contribution in [2.24, 2.45) is 5.92 Å². The summed E-state index contributed by atoms with van der Waals surface area (Å²) in [7, 11) is 2.95. The van der Waals surface area contributed by atoms with E-state index in [4.69, 9.17) is 18.9 Å². The number of nitrogens with one attached hydrogen (secondary N) is 2. The Balaban J connectivity index is 1.77. The summed E-state index contributed by atoms with van der Waals surface area (Å²) in [5.74, 6) is -1.07. The molecule has 0 atom stereocenters. The van der Waals surface area contributed by atoms with Gasteiger partial charge in [0.1, 0.15) is 11.5 Å². The third-order valence-corrected chi connectivity index (χ3v) is 4.53. The van der Waals surface area contributed by atoms with Crippen molar-refractivity contribution < 1.29 is 38.1 Å². The van der Waals surface area contributed by atoms with Gasteiger partial charge in [-0.05, 0) is 36.2 Å². The monoisotopic (exact) mass is 486 g/mol. The average Bonchev–Trinajstić information content (AvgIpc) is 2.84. The first kappa shape index (κ1) is 27.2. The van der Waals surface area contributed by atoms with E-state index in [0.29, 0.717) is 35.0 Å². The van der Waals surface area contributed by atoms with Crippen LogP contribution < -0.4 is 20.1 Å². The molecule has 2 N–H and O–H groups in total. The van der Waals surface area contributed by atoms with E-state index >= 15 is 0 Å². The van der Waals surface area contributed by atoms with Gasteiger partial charge in [-0.3, -0.25) is 14.4 Å². The fraction of sp³-hybridized carbons (Fsp3) is 0.360. The van der Waals surface area contributed by atoms with E-state index in [-0.39, 0.29) is 18.8 Å². The van der Waals surface area contributed by atoms with Crippen molar-refractivity contribution >= 4 is 35.1 Å². The van der Waals surface area contributed by atoms with Gasteiger partial charge in [0, 0.05) is 18.2 Å². The van der Waals surface area contributed by atoms with Gasteiger partial charge in [-0.15, -0.1) is 0 Å². The minimum absolute atomic E-state index is 0.161. The third-order valence-electron chi connectivity index (χ3n) is 4.53. The molecule has 2 aromatic rings. The minimum atomic E-state index is -0.709. The first-order valence-electron chi connectivity index (χ1n) is 11.0. The van der Waals surface area contributed by atoms with Crippen molar-refractivity contribution in [1.29, 1.82) is 0 Å². The van der Waals surface area contributed by atoms with E-state index in [1.54, 1.807) is 36.4 Å². The zero-order valence-corrected chi connectivity index (χ0v) is 20.2. The van der Waals surface area contributed by atoms with Crippen LogP contribution in [0, 0.1) is 5.92 Å². The number of ether oxygens (including phenoxy) is 4. The molecule has 0 spiro atoms. The maximum absolute atomic E-state index is 12.2. The summed E-state index contributed by atoms with van der Waals surface area (Å²) >= 11 is 0. The van der Waals surface area contributed by atoms with Crippen LogP contribution in [0.4, 0.5) is 11.4 Å². The predicted octanol–water partition coefficient (Wildman–Crippen LogP) is 3.42. The molecule has 0 radical (unpaired) electrons. The predicted molar refractivity (Wildman–Crippen MR) is 129 cm³/mol. The van der Waals surface area contributed by atoms with Gasteiger partial charge in [-0.2, -0.15) is 0 Å². The van der Waals surface area contributed by atoms with Gasteiger partial charge in [-0.1, -0.05) is 19.9 Å². The highest BCUT2D eigenvalue weighted by atomic mass is 16.5. The molecule has 2 amide bonds. The number of methoxy groups -OCH3 is 2. The Labute approximate surface area is 203 Å². The molecule has 0 unspecified atom stereocenters. The van der Waals surface area contributed by atoms with Gasteiger partial charge in [-0.25, -0.2) is 4.79 Å². The van der Waals surface area contributed by atoms with E-state index in [1.165, 1.54) is 20.3 Å². The second-order valence-corrected chi connectivity index (χ2v) is 7.90. The summed E-state index contributed by atoms with van der Waals surface area (Å²) in [5, 5.41) is 5.20. The number of carbonyl (C=O) groups excluding carboxylic acids is 4. The maximum atomic E-state index is 12.2. The van der Waals surface area contributed by atoms with Crippen LogP contribution in [0.15, 0.2) is 42.5 Å². The highest BCUT2D eigenvalue weighted by Gasteiger charge is 2.14. The molecule has 10 nitrogen and oxygen atoms in total. The molecule has 2 rings (SSSR count). The topological polar surface area (TPSA) is 129 Å². The number of esters is 2. The van der Waals surface area contributed by atoms with Crippen molar-refractivity contribution in [3.8, 4) is 11.5 Å². The third kappa shape index (κ3) is 9.36. The van der Waals surface area contributed by atoms with Gasteiger partial charge >= 0.3 is 11.9 Å². The van der Waals surface area contributed by atoms with Crippen molar-refractivity contribution in [2.75, 3.05) is 38.1 Å². The number of amides is 2. The van der Waals surface area contributed by atoms with Crippen LogP contribution >= 0.6 is 0 Å². The molecule has 188 valence electrons. The Morgan fingerprint density at radius 1 is 0.857 bits per heavy atom. The van der Waals surface area contributed by atoms with Gasteiger partial charge in [0.2, 0.25) is 5.91 Å². The highest BCUT2D eigenvalue weighted by molar-refractivity contribution is 5.96. The first-order valence-corrected chi connectivity index (χ1v) is 11.0. The summed E-state index contributed by atoms with van der Waals surface area (Å²) in [6.45, 7) is 3.63. The standard InChI is InChI=1S/C25H30N2O8/c1-16(2)14-35-25(31)17-6-5-7-18(12-17)26-22(28)10-11-24(30)34-15-23(29)27-20-13-19(32-3)8-9-21(20)33-4/h5-9,12-13,16H,10-11,14-15H2,1-4H3,(H,26,28)(H,27,29). The molecule has 0 aliphatic heterocycles. The highest BCUT2D eigenvalue weighted by Crippen LogP contribution is 2.28. The molecule has 0 saturated heterocycles. The molecule has 0 aliphatic rings. The van der Waals surface area contributed by atoms with Gasteiger partial charge < -0.3 is 29.6 Å². The Hall–Kier alpha value is -4.08. The summed E-state index contributed by atoms with van der Waals surface area (Å²) in [6, 6.07) is 11.2. The quantitative estimate of drug-likeness (QED) is 0.437. The number of rotatable bonds is 12. The van der Waals surface area contributed by atoms with Crippen LogP contribution in [0.3, 0.4) is 0 Å². The van der Waals surface area contributed by atoms with E-state index in [2.05, 4.69) is 10.6 Å². The lowest BCUT2D eigenvalue weighted by atomic mass is 10.2. The molecule has 2 aromatic carbocycles. The van der Waals surface area contributed by atoms with Crippen LogP contribution in [0.1, 0.15) is 37.0 Å². The summed E-state index contributed by atoms with van der Waals surface area (Å²) in [5.41, 5.74) is 1.07. The Morgan fingerprint density at radius 3 is 2.31 bits per heavy atom. The maximum Gasteiger partial charge on any atom is 0.338 e. The second-order valence-electron chi connectivity index (χ2n) is 7.90. The number of benzene rings is 2. The van der Waals surface area contributed by atoms with Crippen LogP contribution in [0.2, 0.25) is 0 Å². The van der Waals surface area contributed by atoms with E-state index in [0.717, 1.165) is 0 Å². The van der Waals surface area contributed by atoms with Crippen molar-refractivity contribution in [3.63, 3.8) is 0 Å². The molecule has 35 heavy (non-hydrogen) atoms. The summed E-state index contributed by atoms with van der Waals surface area (Å²) in [4.78, 5) is 48.3. The van der Waals surface area contributed by atoms with Gasteiger partial charge in [0.15, 0.2) is 6.61 Å². The van der Waals surface area contributed by atoms with Crippen LogP contribution in [-0.2, 0) is 23.9 Å². The Kier molecular flexibility index (Phi) is 10.5. The van der Waals surface area contributed by atoms with Gasteiger partial charge in [0.05, 0.1) is 38.5 Å². The SMILES string of the molecule is COc1ccc(OC)c(NC(=O)COC(=O)CCC(=O)Nc2cccc(C(=O)OCC(C)C)c2)c1. The molecular formula is C25H30N2O8. The van der Waals surface area contributed by atoms with E-state index < -0.39 is 30.4 Å². The van der Waals surface area contributed by atoms with Gasteiger partial charge in [0.25, 0.3) is 5.91 Å². The number of hydrogen-bond donors (Lipinski definition) is 2. The largest absolute Gasteiger partial charge is 0.497 e. The fourth-order valence-corrected chi connectivity index (χ4v) is 2.80. The van der Waals surface area contributed by atoms with Crippen LogP contribution in [0.25, 0.3) is 0 Å². The second kappa shape index (κ2) is 13.6. The number of anilines is 2. The molecule has 0 fully saturated rings. The molecular weight excluding hydrogens is 456 g/mol. The lowest BCUT2D eigenvalue weighted by molar-refractivity contribution is -0.147. The number of carbonyl (C=O) groups is 4. The van der Waals surface area contributed by atoms with E-state index in [9.17, 15) is 19.2 Å². The summed E-state index contributed by atoms with van der Waals surface area (Å²) in [6.07, 6.45) is -0.385. The fourth-order valence-electron chi connectivity index (χ4n) is 2.80. The lowest BCUT2D eigenvalue weighted by Gasteiger charge is -2.12. The zero-order chi connectivity index (χ0) is 25.8. The van der Waals surface area contributed by atoms with Crippen molar-refractivity contribution in [3.05, 3.63) is 48.0 Å².